The van der Waals surface area contributed by atoms with Crippen LogP contribution in [0.1, 0.15) is 30.5 Å². The zero-order chi connectivity index (χ0) is 19.4. The third-order valence-electron chi connectivity index (χ3n) is 4.84. The summed E-state index contributed by atoms with van der Waals surface area (Å²) in [6, 6.07) is 12.1. The molecule has 1 atom stereocenters. The van der Waals surface area contributed by atoms with Gasteiger partial charge in [-0.1, -0.05) is 48.9 Å². The van der Waals surface area contributed by atoms with Crippen LogP contribution in [0.5, 0.6) is 0 Å². The highest BCUT2D eigenvalue weighted by Gasteiger charge is 2.40. The maximum absolute atomic E-state index is 13.0. The lowest BCUT2D eigenvalue weighted by atomic mass is 10.1. The first-order valence-electron chi connectivity index (χ1n) is 9.03. The molecule has 1 aliphatic rings. The maximum atomic E-state index is 13.0. The van der Waals surface area contributed by atoms with Crippen molar-refractivity contribution in [3.05, 3.63) is 51.9 Å². The summed E-state index contributed by atoms with van der Waals surface area (Å²) in [6.45, 7) is 5.11. The van der Waals surface area contributed by atoms with Crippen molar-refractivity contribution in [1.82, 2.24) is 9.21 Å². The van der Waals surface area contributed by atoms with Crippen molar-refractivity contribution in [3.63, 3.8) is 0 Å². The molecular formula is C19H25ClN2O3S2. The quantitative estimate of drug-likeness (QED) is 0.596. The summed E-state index contributed by atoms with van der Waals surface area (Å²) in [5, 5.41) is 0. The van der Waals surface area contributed by atoms with E-state index in [9.17, 15) is 8.42 Å². The lowest BCUT2D eigenvalue weighted by Gasteiger charge is -2.38. The Morgan fingerprint density at radius 2 is 2.07 bits per heavy atom. The van der Waals surface area contributed by atoms with E-state index >= 15 is 0 Å². The van der Waals surface area contributed by atoms with E-state index in [0.717, 1.165) is 30.0 Å². The topological polar surface area (TPSA) is 49.9 Å². The van der Waals surface area contributed by atoms with E-state index < -0.39 is 10.0 Å². The Hall–Kier alpha value is -0.960. The number of sulfonamides is 1. The minimum absolute atomic E-state index is 0.0139. The van der Waals surface area contributed by atoms with Crippen LogP contribution in [0, 0.1) is 0 Å². The number of hydrogen-bond donors (Lipinski definition) is 0. The first-order chi connectivity index (χ1) is 13.0. The number of likely N-dealkylation sites (N-methyl/N-ethyl adjacent to an activating group) is 1. The van der Waals surface area contributed by atoms with Gasteiger partial charge in [0.15, 0.2) is 0 Å². The molecule has 0 saturated heterocycles. The molecule has 1 aromatic heterocycles. The molecule has 0 saturated carbocycles. The zero-order valence-electron chi connectivity index (χ0n) is 15.6. The molecule has 3 rings (SSSR count). The number of rotatable bonds is 8. The van der Waals surface area contributed by atoms with Gasteiger partial charge >= 0.3 is 0 Å². The summed E-state index contributed by atoms with van der Waals surface area (Å²) in [5.41, 5.74) is 2.03. The molecule has 8 heteroatoms. The number of benzene rings is 1. The van der Waals surface area contributed by atoms with Gasteiger partial charge in [-0.25, -0.2) is 8.42 Å². The average Bonchev–Trinajstić information content (AvgIpc) is 3.06. The smallest absolute Gasteiger partial charge is 0.253 e. The lowest BCUT2D eigenvalue weighted by molar-refractivity contribution is 0.151. The van der Waals surface area contributed by atoms with Crippen LogP contribution in [-0.4, -0.2) is 51.0 Å². The summed E-state index contributed by atoms with van der Waals surface area (Å²) in [6.07, 6.45) is 0.668. The summed E-state index contributed by atoms with van der Waals surface area (Å²) in [7, 11) is -1.88. The molecule has 0 radical (unpaired) electrons. The van der Waals surface area contributed by atoms with Crippen LogP contribution in [-0.2, 0) is 21.3 Å². The second-order valence-corrected chi connectivity index (χ2v) is 10.4. The summed E-state index contributed by atoms with van der Waals surface area (Å²) >= 11 is 7.38. The first kappa shape index (κ1) is 20.8. The maximum Gasteiger partial charge on any atom is 0.253 e. The van der Waals surface area contributed by atoms with Gasteiger partial charge in [-0.05, 0) is 24.6 Å². The van der Waals surface area contributed by atoms with Crippen LogP contribution in [0.2, 0.25) is 4.34 Å². The van der Waals surface area contributed by atoms with Crippen molar-refractivity contribution in [3.8, 4) is 0 Å². The van der Waals surface area contributed by atoms with E-state index in [1.54, 1.807) is 11.4 Å². The van der Waals surface area contributed by atoms with Crippen LogP contribution in [0.15, 0.2) is 40.6 Å². The minimum Gasteiger partial charge on any atom is -0.385 e. The van der Waals surface area contributed by atoms with Crippen molar-refractivity contribution >= 4 is 33.0 Å². The predicted molar refractivity (Wildman–Crippen MR) is 110 cm³/mol. The normalized spacial score (nSPS) is 19.3. The number of hydrogen-bond acceptors (Lipinski definition) is 5. The van der Waals surface area contributed by atoms with E-state index in [1.165, 1.54) is 5.56 Å². The predicted octanol–water partition coefficient (Wildman–Crippen LogP) is 4.01. The molecule has 0 N–H and O–H groups in total. The standard InChI is InChI=1S/C19H25ClN2O3S2/c1-3-21(13-15-8-5-4-6-9-15)17-14-22(10-7-11-25-2)27(23,24)19-16(17)12-18(20)26-19/h4-6,8-9,12,17H,3,7,10-11,13-14H2,1-2H3/t17-/m0/s1. The van der Waals surface area contributed by atoms with Gasteiger partial charge in [0.1, 0.15) is 4.21 Å². The zero-order valence-corrected chi connectivity index (χ0v) is 18.0. The van der Waals surface area contributed by atoms with Gasteiger partial charge < -0.3 is 4.74 Å². The molecule has 2 heterocycles. The molecule has 0 spiro atoms. The minimum atomic E-state index is -3.50. The van der Waals surface area contributed by atoms with Crippen molar-refractivity contribution in [1.29, 1.82) is 0 Å². The number of ether oxygens (including phenoxy) is 1. The van der Waals surface area contributed by atoms with Crippen molar-refractivity contribution in [2.45, 2.75) is 30.1 Å². The highest BCUT2D eigenvalue weighted by atomic mass is 35.5. The molecule has 1 aromatic carbocycles. The second-order valence-electron chi connectivity index (χ2n) is 6.57. The van der Waals surface area contributed by atoms with Gasteiger partial charge in [0, 0.05) is 38.9 Å². The molecule has 0 aliphatic carbocycles. The van der Waals surface area contributed by atoms with Crippen LogP contribution in [0.3, 0.4) is 0 Å². The van der Waals surface area contributed by atoms with Crippen LogP contribution in [0.4, 0.5) is 0 Å². The van der Waals surface area contributed by atoms with Crippen molar-refractivity contribution in [2.24, 2.45) is 0 Å². The van der Waals surface area contributed by atoms with E-state index in [1.807, 2.05) is 24.3 Å². The molecule has 5 nitrogen and oxygen atoms in total. The van der Waals surface area contributed by atoms with E-state index in [0.29, 0.717) is 34.7 Å². The van der Waals surface area contributed by atoms with Crippen LogP contribution in [0.25, 0.3) is 0 Å². The molecule has 0 unspecified atom stereocenters. The van der Waals surface area contributed by atoms with Crippen LogP contribution < -0.4 is 0 Å². The number of nitrogens with zero attached hydrogens (tertiary/aromatic N) is 2. The van der Waals surface area contributed by atoms with Gasteiger partial charge in [0.2, 0.25) is 0 Å². The molecule has 0 fully saturated rings. The Balaban J connectivity index is 1.92. The highest BCUT2D eigenvalue weighted by molar-refractivity contribution is 7.91. The lowest BCUT2D eigenvalue weighted by Crippen LogP contribution is -2.45. The Bertz CT molecular complexity index is 855. The third kappa shape index (κ3) is 4.55. The summed E-state index contributed by atoms with van der Waals surface area (Å²) in [5.74, 6) is 0. The largest absolute Gasteiger partial charge is 0.385 e. The molecule has 1 aliphatic heterocycles. The third-order valence-corrected chi connectivity index (χ3v) is 8.51. The number of halogens is 1. The molecule has 2 aromatic rings. The monoisotopic (exact) mass is 428 g/mol. The van der Waals surface area contributed by atoms with E-state index in [-0.39, 0.29) is 6.04 Å². The molecule has 148 valence electrons. The Labute approximate surface area is 170 Å². The Morgan fingerprint density at radius 1 is 1.33 bits per heavy atom. The number of fused-ring (bicyclic) bond motifs is 1. The molecule has 27 heavy (non-hydrogen) atoms. The highest BCUT2D eigenvalue weighted by Crippen LogP contribution is 2.43. The Morgan fingerprint density at radius 3 is 2.74 bits per heavy atom. The van der Waals surface area contributed by atoms with Crippen molar-refractivity contribution < 1.29 is 13.2 Å². The fourth-order valence-corrected chi connectivity index (χ4v) is 7.07. The molecular weight excluding hydrogens is 404 g/mol. The van der Waals surface area contributed by atoms with Gasteiger partial charge in [-0.3, -0.25) is 4.90 Å². The summed E-state index contributed by atoms with van der Waals surface area (Å²) in [4.78, 5) is 2.31. The van der Waals surface area contributed by atoms with Gasteiger partial charge in [0.25, 0.3) is 10.0 Å². The number of methoxy groups -OCH3 is 1. The molecule has 0 amide bonds. The SMILES string of the molecule is CCN(Cc1ccccc1)[C@H]1CN(CCCOC)S(=O)(=O)c2sc(Cl)cc21. The van der Waals surface area contributed by atoms with Gasteiger partial charge in [0.05, 0.1) is 10.4 Å². The fourth-order valence-electron chi connectivity index (χ4n) is 3.47. The summed E-state index contributed by atoms with van der Waals surface area (Å²) < 4.78 is 33.7. The van der Waals surface area contributed by atoms with Gasteiger partial charge in [-0.15, -0.1) is 11.3 Å². The fraction of sp³-hybridized carbons (Fsp3) is 0.474. The number of thiophene rings is 1. The average molecular weight is 429 g/mol. The van der Waals surface area contributed by atoms with E-state index in [2.05, 4.69) is 24.0 Å². The molecule has 0 bridgehead atoms. The van der Waals surface area contributed by atoms with Crippen molar-refractivity contribution in [2.75, 3.05) is 33.4 Å². The second kappa shape index (κ2) is 9.03. The van der Waals surface area contributed by atoms with Crippen LogP contribution >= 0.6 is 22.9 Å². The Kier molecular flexibility index (Phi) is 6.94. The van der Waals surface area contributed by atoms with Gasteiger partial charge in [-0.2, -0.15) is 4.31 Å². The first-order valence-corrected chi connectivity index (χ1v) is 11.7. The van der Waals surface area contributed by atoms with E-state index in [4.69, 9.17) is 16.3 Å².